The van der Waals surface area contributed by atoms with Gasteiger partial charge in [0.05, 0.1) is 22.3 Å². The number of nitrogens with one attached hydrogen (secondary N) is 1. The van der Waals surface area contributed by atoms with Gasteiger partial charge in [-0.2, -0.15) is 0 Å². The Labute approximate surface area is 177 Å². The standard InChI is InChI=1S/C21H22ClFN2O3S/c22-16-6-12-29-18(16)20(27)25-10-8-21(9-11-25)7-5-14(28-21)13-24-19(26)15-3-1-2-4-17(15)23/h1-4,6,12,14H,5,7-11,13H2,(H,24,26). The Kier molecular flexibility index (Phi) is 5.90. The maximum absolute atomic E-state index is 13.7. The summed E-state index contributed by atoms with van der Waals surface area (Å²) < 4.78 is 20.0. The molecule has 0 aliphatic carbocycles. The highest BCUT2D eigenvalue weighted by atomic mass is 35.5. The van der Waals surface area contributed by atoms with Gasteiger partial charge in [0.2, 0.25) is 0 Å². The Morgan fingerprint density at radius 1 is 1.24 bits per heavy atom. The van der Waals surface area contributed by atoms with Crippen LogP contribution in [-0.2, 0) is 4.74 Å². The van der Waals surface area contributed by atoms with Crippen LogP contribution in [0.5, 0.6) is 0 Å². The Morgan fingerprint density at radius 3 is 2.69 bits per heavy atom. The zero-order chi connectivity index (χ0) is 20.4. The fourth-order valence-corrected chi connectivity index (χ4v) is 5.16. The number of carbonyl (C=O) groups excluding carboxylic acids is 2. The van der Waals surface area contributed by atoms with Crippen molar-refractivity contribution in [3.63, 3.8) is 0 Å². The van der Waals surface area contributed by atoms with Gasteiger partial charge in [-0.05, 0) is 49.3 Å². The predicted octanol–water partition coefficient (Wildman–Crippen LogP) is 4.12. The zero-order valence-electron chi connectivity index (χ0n) is 15.8. The summed E-state index contributed by atoms with van der Waals surface area (Å²) in [7, 11) is 0. The van der Waals surface area contributed by atoms with Crippen molar-refractivity contribution in [1.29, 1.82) is 0 Å². The number of benzene rings is 1. The van der Waals surface area contributed by atoms with E-state index in [0.717, 1.165) is 25.7 Å². The highest BCUT2D eigenvalue weighted by Gasteiger charge is 2.43. The fourth-order valence-electron chi connectivity index (χ4n) is 4.06. The number of ether oxygens (including phenoxy) is 1. The molecular formula is C21H22ClFN2O3S. The summed E-state index contributed by atoms with van der Waals surface area (Å²) in [6.07, 6.45) is 3.16. The number of piperidine rings is 1. The number of hydrogen-bond donors (Lipinski definition) is 1. The normalized spacial score (nSPS) is 20.8. The van der Waals surface area contributed by atoms with Gasteiger partial charge in [0.15, 0.2) is 0 Å². The summed E-state index contributed by atoms with van der Waals surface area (Å²) in [6.45, 7) is 1.60. The molecule has 2 aliphatic rings. The molecule has 1 aromatic carbocycles. The third-order valence-corrected chi connectivity index (χ3v) is 7.05. The van der Waals surface area contributed by atoms with Gasteiger partial charge in [-0.1, -0.05) is 23.7 Å². The van der Waals surface area contributed by atoms with Crippen LogP contribution in [0.3, 0.4) is 0 Å². The molecule has 5 nitrogen and oxygen atoms in total. The second-order valence-electron chi connectivity index (χ2n) is 7.54. The van der Waals surface area contributed by atoms with Gasteiger partial charge >= 0.3 is 0 Å². The molecule has 3 heterocycles. The predicted molar refractivity (Wildman–Crippen MR) is 110 cm³/mol. The number of rotatable bonds is 4. The summed E-state index contributed by atoms with van der Waals surface area (Å²) in [5.41, 5.74) is -0.206. The molecule has 0 saturated carbocycles. The molecule has 8 heteroatoms. The molecule has 1 unspecified atom stereocenters. The summed E-state index contributed by atoms with van der Waals surface area (Å²) in [5, 5.41) is 5.10. The summed E-state index contributed by atoms with van der Waals surface area (Å²) in [6, 6.07) is 7.67. The molecule has 154 valence electrons. The summed E-state index contributed by atoms with van der Waals surface area (Å²) in [5.74, 6) is -0.982. The van der Waals surface area contributed by atoms with Crippen LogP contribution in [0, 0.1) is 5.82 Å². The third-order valence-electron chi connectivity index (χ3n) is 5.72. The molecular weight excluding hydrogens is 415 g/mol. The topological polar surface area (TPSA) is 58.6 Å². The van der Waals surface area contributed by atoms with E-state index in [0.29, 0.717) is 29.5 Å². The molecule has 2 aliphatic heterocycles. The van der Waals surface area contributed by atoms with Crippen LogP contribution in [0.2, 0.25) is 5.02 Å². The number of carbonyl (C=O) groups is 2. The van der Waals surface area contributed by atoms with Gasteiger partial charge in [0, 0.05) is 19.6 Å². The Hall–Kier alpha value is -1.96. The SMILES string of the molecule is O=C(NCC1CCC2(CCN(C(=O)c3sccc3Cl)CC2)O1)c1ccccc1F. The van der Waals surface area contributed by atoms with Crippen molar-refractivity contribution in [2.24, 2.45) is 0 Å². The molecule has 1 atom stereocenters. The van der Waals surface area contributed by atoms with E-state index in [1.54, 1.807) is 18.2 Å². The number of halogens is 2. The van der Waals surface area contributed by atoms with E-state index in [1.807, 2.05) is 10.3 Å². The van der Waals surface area contributed by atoms with Gasteiger partial charge in [0.25, 0.3) is 11.8 Å². The largest absolute Gasteiger partial charge is 0.370 e. The lowest BCUT2D eigenvalue weighted by Gasteiger charge is -2.39. The molecule has 2 saturated heterocycles. The van der Waals surface area contributed by atoms with E-state index >= 15 is 0 Å². The van der Waals surface area contributed by atoms with E-state index in [4.69, 9.17) is 16.3 Å². The van der Waals surface area contributed by atoms with Gasteiger partial charge in [-0.3, -0.25) is 9.59 Å². The first-order valence-corrected chi connectivity index (χ1v) is 11.0. The van der Waals surface area contributed by atoms with Crippen LogP contribution in [0.25, 0.3) is 0 Å². The average Bonchev–Trinajstić information content (AvgIpc) is 3.33. The minimum absolute atomic E-state index is 0.0217. The van der Waals surface area contributed by atoms with Crippen LogP contribution in [0.4, 0.5) is 4.39 Å². The average molecular weight is 437 g/mol. The lowest BCUT2D eigenvalue weighted by atomic mass is 9.88. The lowest BCUT2D eigenvalue weighted by Crippen LogP contribution is -2.47. The first-order valence-electron chi connectivity index (χ1n) is 9.70. The molecule has 2 fully saturated rings. The molecule has 1 N–H and O–H groups in total. The van der Waals surface area contributed by atoms with Crippen LogP contribution in [0.1, 0.15) is 45.7 Å². The minimum Gasteiger partial charge on any atom is -0.370 e. The van der Waals surface area contributed by atoms with E-state index < -0.39 is 11.7 Å². The number of likely N-dealkylation sites (tertiary alicyclic amines) is 1. The van der Waals surface area contributed by atoms with Crippen LogP contribution < -0.4 is 5.32 Å². The molecule has 1 spiro atoms. The van der Waals surface area contributed by atoms with E-state index in [1.165, 1.54) is 23.5 Å². The van der Waals surface area contributed by atoms with E-state index in [-0.39, 0.29) is 23.2 Å². The molecule has 29 heavy (non-hydrogen) atoms. The molecule has 2 aromatic rings. The van der Waals surface area contributed by atoms with Crippen molar-refractivity contribution >= 4 is 34.8 Å². The highest BCUT2D eigenvalue weighted by Crippen LogP contribution is 2.39. The summed E-state index contributed by atoms with van der Waals surface area (Å²) >= 11 is 7.45. The Morgan fingerprint density at radius 2 is 2.00 bits per heavy atom. The number of amides is 2. The highest BCUT2D eigenvalue weighted by molar-refractivity contribution is 7.12. The van der Waals surface area contributed by atoms with Gasteiger partial charge in [0.1, 0.15) is 10.7 Å². The fraction of sp³-hybridized carbons (Fsp3) is 0.429. The van der Waals surface area contributed by atoms with E-state index in [9.17, 15) is 14.0 Å². The van der Waals surface area contributed by atoms with Crippen LogP contribution in [-0.4, -0.2) is 48.1 Å². The second kappa shape index (κ2) is 8.42. The lowest BCUT2D eigenvalue weighted by molar-refractivity contribution is -0.0711. The van der Waals surface area contributed by atoms with Crippen molar-refractivity contribution in [3.05, 3.63) is 57.0 Å². The van der Waals surface area contributed by atoms with Crippen LogP contribution in [0.15, 0.2) is 35.7 Å². The first kappa shape index (κ1) is 20.3. The quantitative estimate of drug-likeness (QED) is 0.784. The van der Waals surface area contributed by atoms with Crippen molar-refractivity contribution in [1.82, 2.24) is 10.2 Å². The van der Waals surface area contributed by atoms with Crippen molar-refractivity contribution in [2.45, 2.75) is 37.4 Å². The zero-order valence-corrected chi connectivity index (χ0v) is 17.4. The van der Waals surface area contributed by atoms with E-state index in [2.05, 4.69) is 5.32 Å². The summed E-state index contributed by atoms with van der Waals surface area (Å²) in [4.78, 5) is 27.2. The minimum atomic E-state index is -0.531. The third kappa shape index (κ3) is 4.32. The monoisotopic (exact) mass is 436 g/mol. The van der Waals surface area contributed by atoms with Crippen molar-refractivity contribution in [3.8, 4) is 0 Å². The van der Waals surface area contributed by atoms with Gasteiger partial charge < -0.3 is 15.0 Å². The first-order chi connectivity index (χ1) is 14.0. The van der Waals surface area contributed by atoms with Gasteiger partial charge in [-0.15, -0.1) is 11.3 Å². The number of hydrogen-bond acceptors (Lipinski definition) is 4. The molecule has 2 amide bonds. The maximum atomic E-state index is 13.7. The number of nitrogens with zero attached hydrogens (tertiary/aromatic N) is 1. The van der Waals surface area contributed by atoms with Crippen molar-refractivity contribution in [2.75, 3.05) is 19.6 Å². The molecule has 1 aromatic heterocycles. The Balaban J connectivity index is 1.28. The Bertz CT molecular complexity index is 911. The smallest absolute Gasteiger partial charge is 0.265 e. The number of thiophene rings is 1. The van der Waals surface area contributed by atoms with Crippen molar-refractivity contribution < 1.29 is 18.7 Å². The van der Waals surface area contributed by atoms with Crippen LogP contribution >= 0.6 is 22.9 Å². The molecule has 0 radical (unpaired) electrons. The maximum Gasteiger partial charge on any atom is 0.265 e. The molecule has 0 bridgehead atoms. The van der Waals surface area contributed by atoms with Gasteiger partial charge in [-0.25, -0.2) is 4.39 Å². The second-order valence-corrected chi connectivity index (χ2v) is 8.86. The molecule has 4 rings (SSSR count).